The molecule has 2 N–H and O–H groups in total. The normalized spacial score (nSPS) is 17.1. The molecule has 1 saturated heterocycles. The van der Waals surface area contributed by atoms with E-state index in [2.05, 4.69) is 17.2 Å². The van der Waals surface area contributed by atoms with Crippen molar-refractivity contribution in [1.29, 1.82) is 0 Å². The minimum Gasteiger partial charge on any atom is -0.356 e. The van der Waals surface area contributed by atoms with Crippen LogP contribution < -0.4 is 10.2 Å². The fourth-order valence-corrected chi connectivity index (χ4v) is 6.64. The smallest absolute Gasteiger partial charge is 0.325 e. The number of nitrogens with one attached hydrogen (secondary N) is 1. The number of nitrogens with zero attached hydrogens (tertiary/aromatic N) is 2. The van der Waals surface area contributed by atoms with E-state index in [1.54, 1.807) is 4.90 Å². The van der Waals surface area contributed by atoms with E-state index < -0.39 is 12.8 Å². The predicted octanol–water partition coefficient (Wildman–Crippen LogP) is 4.08. The zero-order chi connectivity index (χ0) is 31.5. The highest BCUT2D eigenvalue weighted by atomic mass is 32.2. The fourth-order valence-electron chi connectivity index (χ4n) is 4.99. The predicted molar refractivity (Wildman–Crippen MR) is 170 cm³/mol. The van der Waals surface area contributed by atoms with Gasteiger partial charge in [0.1, 0.15) is 0 Å². The lowest BCUT2D eigenvalue weighted by molar-refractivity contribution is -0.138. The van der Waals surface area contributed by atoms with Gasteiger partial charge < -0.3 is 19.6 Å². The van der Waals surface area contributed by atoms with Gasteiger partial charge in [0.05, 0.1) is 24.1 Å². The second-order valence-electron chi connectivity index (χ2n) is 10.8. The first kappa shape index (κ1) is 33.5. The second kappa shape index (κ2) is 16.1. The molecule has 4 amide bonds. The van der Waals surface area contributed by atoms with E-state index in [0.29, 0.717) is 13.0 Å². The van der Waals surface area contributed by atoms with Crippen molar-refractivity contribution in [2.45, 2.75) is 56.7 Å². The molecule has 2 unspecified atom stereocenters. The van der Waals surface area contributed by atoms with Crippen LogP contribution >= 0.6 is 19.4 Å². The third-order valence-corrected chi connectivity index (χ3v) is 9.24. The summed E-state index contributed by atoms with van der Waals surface area (Å²) < 4.78 is 16.0. The van der Waals surface area contributed by atoms with Crippen LogP contribution in [-0.2, 0) is 34.8 Å². The number of imide groups is 1. The maximum Gasteiger partial charge on any atom is 0.325 e. The summed E-state index contributed by atoms with van der Waals surface area (Å²) in [7, 11) is -3.43. The number of hydrogen-bond donors (Lipinski definition) is 2. The number of amides is 4. The molecule has 2 aromatic rings. The molecule has 4 rings (SSSR count). The Labute approximate surface area is 262 Å². The van der Waals surface area contributed by atoms with E-state index in [1.807, 2.05) is 48.5 Å². The van der Waals surface area contributed by atoms with Crippen LogP contribution in [0.25, 0.3) is 0 Å². The number of anilines is 1. The Bertz CT molecular complexity index is 1480. The SMILES string of the molecule is CP(=O)(O)OCCCCCCSC1CC(=O)N(CCC(=O)NCCC(=O)N2Cc3ccccc3C#Cc3ccccc32)C1=O. The highest BCUT2D eigenvalue weighted by Gasteiger charge is 2.38. The molecule has 2 aliphatic heterocycles. The van der Waals surface area contributed by atoms with Crippen molar-refractivity contribution in [3.63, 3.8) is 0 Å². The van der Waals surface area contributed by atoms with Crippen molar-refractivity contribution in [2.75, 3.05) is 37.0 Å². The zero-order valence-electron chi connectivity index (χ0n) is 24.8. The van der Waals surface area contributed by atoms with Crippen LogP contribution in [0.4, 0.5) is 5.69 Å². The summed E-state index contributed by atoms with van der Waals surface area (Å²) in [5.41, 5.74) is 3.31. The Hall–Kier alpha value is -3.42. The van der Waals surface area contributed by atoms with E-state index in [4.69, 9.17) is 9.42 Å². The average Bonchev–Trinajstić information content (AvgIpc) is 3.25. The molecule has 2 heterocycles. The Morgan fingerprint density at radius 3 is 2.52 bits per heavy atom. The molecule has 10 nitrogen and oxygen atoms in total. The molecule has 0 radical (unpaired) electrons. The lowest BCUT2D eigenvalue weighted by Gasteiger charge is -2.26. The van der Waals surface area contributed by atoms with E-state index >= 15 is 0 Å². The highest BCUT2D eigenvalue weighted by Crippen LogP contribution is 2.36. The number of carbonyl (C=O) groups is 4. The molecule has 2 aliphatic rings. The van der Waals surface area contributed by atoms with Gasteiger partial charge in [0, 0.05) is 50.1 Å². The number of carbonyl (C=O) groups excluding carboxylic acids is 4. The maximum atomic E-state index is 13.3. The van der Waals surface area contributed by atoms with Gasteiger partial charge in [-0.3, -0.25) is 28.6 Å². The number of fused-ring (bicyclic) bond motifs is 2. The van der Waals surface area contributed by atoms with Crippen LogP contribution in [0.1, 0.15) is 61.6 Å². The summed E-state index contributed by atoms with van der Waals surface area (Å²) in [4.78, 5) is 63.1. The number of likely N-dealkylation sites (tertiary alicyclic amines) is 1. The van der Waals surface area contributed by atoms with Gasteiger partial charge >= 0.3 is 7.60 Å². The summed E-state index contributed by atoms with van der Waals surface area (Å²) in [6, 6.07) is 15.2. The van der Waals surface area contributed by atoms with Gasteiger partial charge in [0.2, 0.25) is 23.6 Å². The fraction of sp³-hybridized carbons (Fsp3) is 0.438. The highest BCUT2D eigenvalue weighted by molar-refractivity contribution is 8.00. The van der Waals surface area contributed by atoms with E-state index in [1.165, 1.54) is 11.8 Å². The van der Waals surface area contributed by atoms with Gasteiger partial charge in [0.25, 0.3) is 0 Å². The lowest BCUT2D eigenvalue weighted by Crippen LogP contribution is -2.37. The average molecular weight is 640 g/mol. The Balaban J connectivity index is 1.17. The van der Waals surface area contributed by atoms with Crippen molar-refractivity contribution < 1.29 is 33.2 Å². The summed E-state index contributed by atoms with van der Waals surface area (Å²) in [6.07, 6.45) is 3.46. The van der Waals surface area contributed by atoms with E-state index in [9.17, 15) is 23.7 Å². The molecule has 0 saturated carbocycles. The molecule has 2 aromatic carbocycles. The van der Waals surface area contributed by atoms with Crippen molar-refractivity contribution in [2.24, 2.45) is 0 Å². The standard InChI is InChI=1S/C32H38N3O7PS/c1-43(40,41)42-20-8-2-3-9-21-44-28-22-31(38)34(32(28)39)19-17-29(36)33-18-16-30(37)35-23-26-12-5-4-10-24(26)14-15-25-11-6-7-13-27(25)35/h4-7,10-13,28H,2-3,8-9,16-23H2,1H3,(H,33,36)(H,40,41). The van der Waals surface area contributed by atoms with Gasteiger partial charge in [-0.25, -0.2) is 0 Å². The van der Waals surface area contributed by atoms with Crippen LogP contribution in [-0.4, -0.2) is 70.8 Å². The lowest BCUT2D eigenvalue weighted by atomic mass is 10.0. The molecule has 2 atom stereocenters. The zero-order valence-corrected chi connectivity index (χ0v) is 26.5. The van der Waals surface area contributed by atoms with Gasteiger partial charge in [-0.05, 0) is 42.4 Å². The molecule has 0 aromatic heterocycles. The number of para-hydroxylation sites is 1. The van der Waals surface area contributed by atoms with Crippen molar-refractivity contribution in [3.8, 4) is 11.8 Å². The van der Waals surface area contributed by atoms with Crippen LogP contribution in [0.2, 0.25) is 0 Å². The molecule has 0 aliphatic carbocycles. The second-order valence-corrected chi connectivity index (χ2v) is 13.9. The molecular formula is C32H38N3O7PS. The minimum absolute atomic E-state index is 0.00953. The van der Waals surface area contributed by atoms with Crippen molar-refractivity contribution >= 4 is 48.7 Å². The van der Waals surface area contributed by atoms with E-state index in [-0.39, 0.29) is 62.6 Å². The number of thioether (sulfide) groups is 1. The number of unbranched alkanes of at least 4 members (excludes halogenated alkanes) is 3. The molecule has 234 valence electrons. The molecular weight excluding hydrogens is 601 g/mol. The summed E-state index contributed by atoms with van der Waals surface area (Å²) in [6.45, 7) is 1.92. The van der Waals surface area contributed by atoms with Crippen molar-refractivity contribution in [1.82, 2.24) is 10.2 Å². The summed E-state index contributed by atoms with van der Waals surface area (Å²) in [5, 5.41) is 2.31. The van der Waals surface area contributed by atoms with Gasteiger partial charge in [-0.15, -0.1) is 11.8 Å². The minimum atomic E-state index is -3.43. The van der Waals surface area contributed by atoms with Crippen LogP contribution in [0.3, 0.4) is 0 Å². The van der Waals surface area contributed by atoms with E-state index in [0.717, 1.165) is 59.0 Å². The Morgan fingerprint density at radius 1 is 1.02 bits per heavy atom. The topological polar surface area (TPSA) is 133 Å². The van der Waals surface area contributed by atoms with Crippen molar-refractivity contribution in [3.05, 3.63) is 65.2 Å². The Morgan fingerprint density at radius 2 is 1.73 bits per heavy atom. The molecule has 1 fully saturated rings. The molecule has 44 heavy (non-hydrogen) atoms. The molecule has 0 spiro atoms. The van der Waals surface area contributed by atoms with Gasteiger partial charge in [0.15, 0.2) is 0 Å². The summed E-state index contributed by atoms with van der Waals surface area (Å²) >= 11 is 1.45. The maximum absolute atomic E-state index is 13.3. The third-order valence-electron chi connectivity index (χ3n) is 7.29. The third kappa shape index (κ3) is 9.80. The van der Waals surface area contributed by atoms with Gasteiger partial charge in [-0.2, -0.15) is 0 Å². The quantitative estimate of drug-likeness (QED) is 0.129. The van der Waals surface area contributed by atoms with Crippen LogP contribution in [0.5, 0.6) is 0 Å². The first-order chi connectivity index (χ1) is 21.1. The largest absolute Gasteiger partial charge is 0.356 e. The number of rotatable bonds is 15. The monoisotopic (exact) mass is 639 g/mol. The number of hydrogen-bond acceptors (Lipinski definition) is 7. The Kier molecular flexibility index (Phi) is 12.2. The molecule has 0 bridgehead atoms. The van der Waals surface area contributed by atoms with Crippen LogP contribution in [0.15, 0.2) is 48.5 Å². The number of benzene rings is 2. The molecule has 12 heteroatoms. The van der Waals surface area contributed by atoms with Crippen LogP contribution in [0, 0.1) is 11.8 Å². The first-order valence-electron chi connectivity index (χ1n) is 14.8. The first-order valence-corrected chi connectivity index (χ1v) is 17.9. The van der Waals surface area contributed by atoms with Gasteiger partial charge in [-0.1, -0.05) is 55.0 Å². The summed E-state index contributed by atoms with van der Waals surface area (Å²) in [5.74, 6) is 6.06.